The molecular formula is C28H17NO6. The van der Waals surface area contributed by atoms with Crippen LogP contribution in [0.3, 0.4) is 0 Å². The van der Waals surface area contributed by atoms with Crippen LogP contribution in [0, 0.1) is 11.3 Å². The summed E-state index contributed by atoms with van der Waals surface area (Å²) in [5.74, 6) is -3.09. The van der Waals surface area contributed by atoms with Crippen LogP contribution >= 0.6 is 0 Å². The van der Waals surface area contributed by atoms with Gasteiger partial charge in [0.15, 0.2) is 11.5 Å². The zero-order chi connectivity index (χ0) is 24.6. The third kappa shape index (κ3) is 5.59. The van der Waals surface area contributed by atoms with Crippen molar-refractivity contribution in [3.05, 3.63) is 125 Å². The molecule has 0 aliphatic heterocycles. The molecule has 4 aromatic carbocycles. The minimum absolute atomic E-state index is 0.0243. The Morgan fingerprint density at radius 1 is 0.543 bits per heavy atom. The Morgan fingerprint density at radius 3 is 1.23 bits per heavy atom. The lowest BCUT2D eigenvalue weighted by Gasteiger charge is -2.15. The lowest BCUT2D eigenvalue weighted by atomic mass is 10.1. The second kappa shape index (κ2) is 10.6. The fraction of sp³-hybridized carbons (Fsp3) is 0. The first kappa shape index (κ1) is 23.0. The first-order valence-corrected chi connectivity index (χ1v) is 10.4. The van der Waals surface area contributed by atoms with E-state index in [1.807, 2.05) is 6.07 Å². The summed E-state index contributed by atoms with van der Waals surface area (Å²) >= 11 is 0. The molecule has 4 aromatic rings. The molecule has 7 nitrogen and oxygen atoms in total. The molecule has 4 rings (SSSR count). The van der Waals surface area contributed by atoms with Crippen molar-refractivity contribution in [3.8, 4) is 23.3 Å². The van der Waals surface area contributed by atoms with Crippen molar-refractivity contribution < 1.29 is 28.6 Å². The van der Waals surface area contributed by atoms with Crippen LogP contribution in [-0.2, 0) is 0 Å². The monoisotopic (exact) mass is 463 g/mol. The van der Waals surface area contributed by atoms with Crippen LogP contribution in [0.25, 0.3) is 0 Å². The third-order valence-corrected chi connectivity index (χ3v) is 4.78. The van der Waals surface area contributed by atoms with Crippen molar-refractivity contribution in [1.82, 2.24) is 0 Å². The van der Waals surface area contributed by atoms with Gasteiger partial charge in [-0.15, -0.1) is 0 Å². The number of ether oxygens (including phenoxy) is 3. The fourth-order valence-corrected chi connectivity index (χ4v) is 3.09. The summed E-state index contributed by atoms with van der Waals surface area (Å²) in [6, 6.07) is 28.8. The van der Waals surface area contributed by atoms with Crippen molar-refractivity contribution in [2.24, 2.45) is 0 Å². The summed E-state index contributed by atoms with van der Waals surface area (Å²) in [4.78, 5) is 38.3. The van der Waals surface area contributed by atoms with Crippen molar-refractivity contribution in [3.63, 3.8) is 0 Å². The molecule has 0 saturated heterocycles. The van der Waals surface area contributed by atoms with Gasteiger partial charge >= 0.3 is 17.9 Å². The summed E-state index contributed by atoms with van der Waals surface area (Å²) in [6.45, 7) is 0. The van der Waals surface area contributed by atoms with Gasteiger partial charge in [0.05, 0.1) is 28.3 Å². The van der Waals surface area contributed by atoms with Gasteiger partial charge in [-0.05, 0) is 36.4 Å². The Bertz CT molecular complexity index is 1340. The van der Waals surface area contributed by atoms with Gasteiger partial charge in [0.1, 0.15) is 0 Å². The van der Waals surface area contributed by atoms with E-state index in [1.165, 1.54) is 24.3 Å². The van der Waals surface area contributed by atoms with E-state index >= 15 is 0 Å². The molecule has 0 saturated carbocycles. The van der Waals surface area contributed by atoms with E-state index < -0.39 is 17.9 Å². The Balaban J connectivity index is 1.76. The second-order valence-corrected chi connectivity index (χ2v) is 7.18. The molecule has 0 radical (unpaired) electrons. The van der Waals surface area contributed by atoms with Crippen LogP contribution in [0.5, 0.6) is 17.2 Å². The summed E-state index contributed by atoms with van der Waals surface area (Å²) in [5, 5.41) is 9.50. The molecule has 0 aliphatic rings. The molecule has 0 N–H and O–H groups in total. The number of hydrogen-bond acceptors (Lipinski definition) is 7. The molecule has 0 aliphatic carbocycles. The molecule has 0 bridgehead atoms. The predicted octanol–water partition coefficient (Wildman–Crippen LogP) is 5.22. The van der Waals surface area contributed by atoms with Gasteiger partial charge < -0.3 is 14.2 Å². The van der Waals surface area contributed by atoms with Gasteiger partial charge in [-0.2, -0.15) is 5.26 Å². The van der Waals surface area contributed by atoms with E-state index in [0.717, 1.165) is 0 Å². The molecule has 0 amide bonds. The molecular weight excluding hydrogens is 446 g/mol. The van der Waals surface area contributed by atoms with Crippen LogP contribution < -0.4 is 14.2 Å². The summed E-state index contributed by atoms with van der Waals surface area (Å²) in [6.07, 6.45) is 0. The van der Waals surface area contributed by atoms with Crippen LogP contribution in [0.2, 0.25) is 0 Å². The first-order valence-electron chi connectivity index (χ1n) is 10.4. The number of hydrogen-bond donors (Lipinski definition) is 0. The lowest BCUT2D eigenvalue weighted by molar-refractivity contribution is 0.0657. The molecule has 0 heterocycles. The van der Waals surface area contributed by atoms with E-state index in [2.05, 4.69) is 0 Å². The topological polar surface area (TPSA) is 103 Å². The predicted molar refractivity (Wildman–Crippen MR) is 125 cm³/mol. The SMILES string of the molecule is N#Cc1cc(OC(=O)c2ccccc2)c(OC(=O)c2ccccc2)c(OC(=O)c2ccccc2)c1. The maximum Gasteiger partial charge on any atom is 0.343 e. The normalized spacial score (nSPS) is 10.0. The number of esters is 3. The highest BCUT2D eigenvalue weighted by atomic mass is 16.6. The molecule has 170 valence electrons. The molecule has 0 fully saturated rings. The zero-order valence-electron chi connectivity index (χ0n) is 18.2. The molecule has 0 atom stereocenters. The summed E-state index contributed by atoms with van der Waals surface area (Å²) in [7, 11) is 0. The number of carbonyl (C=O) groups is 3. The number of nitriles is 1. The molecule has 0 spiro atoms. The highest BCUT2D eigenvalue weighted by Gasteiger charge is 2.24. The standard InChI is InChI=1S/C28H17NO6/c29-18-19-16-23(33-26(30)20-10-4-1-5-11-20)25(35-28(32)22-14-8-3-9-15-22)24(17-19)34-27(31)21-12-6-2-7-13-21/h1-17H. The molecule has 7 heteroatoms. The Morgan fingerprint density at radius 2 is 0.886 bits per heavy atom. The average molecular weight is 463 g/mol. The zero-order valence-corrected chi connectivity index (χ0v) is 18.2. The molecule has 35 heavy (non-hydrogen) atoms. The van der Waals surface area contributed by atoms with Crippen molar-refractivity contribution in [1.29, 1.82) is 5.26 Å². The Kier molecular flexibility index (Phi) is 6.95. The highest BCUT2D eigenvalue weighted by Crippen LogP contribution is 2.40. The molecule has 0 aromatic heterocycles. The van der Waals surface area contributed by atoms with E-state index in [4.69, 9.17) is 14.2 Å². The van der Waals surface area contributed by atoms with Gasteiger partial charge in [0, 0.05) is 12.1 Å². The van der Waals surface area contributed by atoms with E-state index in [-0.39, 0.29) is 39.5 Å². The van der Waals surface area contributed by atoms with Gasteiger partial charge in [-0.1, -0.05) is 54.6 Å². The van der Waals surface area contributed by atoms with Gasteiger partial charge in [-0.3, -0.25) is 0 Å². The quantitative estimate of drug-likeness (QED) is 0.285. The second-order valence-electron chi connectivity index (χ2n) is 7.18. The van der Waals surface area contributed by atoms with E-state index in [1.54, 1.807) is 78.9 Å². The molecule has 0 unspecified atom stereocenters. The van der Waals surface area contributed by atoms with E-state index in [0.29, 0.717) is 0 Å². The Labute approximate surface area is 200 Å². The summed E-state index contributed by atoms with van der Waals surface area (Å²) in [5.41, 5.74) is 0.713. The maximum absolute atomic E-state index is 12.8. The van der Waals surface area contributed by atoms with Crippen LogP contribution in [0.1, 0.15) is 36.6 Å². The number of carbonyl (C=O) groups excluding carboxylic acids is 3. The van der Waals surface area contributed by atoms with Crippen molar-refractivity contribution in [2.45, 2.75) is 0 Å². The lowest BCUT2D eigenvalue weighted by Crippen LogP contribution is -2.15. The van der Waals surface area contributed by atoms with Crippen molar-refractivity contribution in [2.75, 3.05) is 0 Å². The van der Waals surface area contributed by atoms with Crippen LogP contribution in [0.4, 0.5) is 0 Å². The summed E-state index contributed by atoms with van der Waals surface area (Å²) < 4.78 is 16.5. The number of benzene rings is 4. The average Bonchev–Trinajstić information content (AvgIpc) is 2.91. The van der Waals surface area contributed by atoms with Gasteiger partial charge in [0.2, 0.25) is 5.75 Å². The van der Waals surface area contributed by atoms with Crippen molar-refractivity contribution >= 4 is 17.9 Å². The minimum Gasteiger partial charge on any atom is -0.419 e. The highest BCUT2D eigenvalue weighted by molar-refractivity contribution is 5.95. The van der Waals surface area contributed by atoms with Gasteiger partial charge in [0.25, 0.3) is 0 Å². The third-order valence-electron chi connectivity index (χ3n) is 4.78. The fourth-order valence-electron chi connectivity index (χ4n) is 3.09. The largest absolute Gasteiger partial charge is 0.419 e. The minimum atomic E-state index is -0.774. The Hall–Kier alpha value is -5.22. The maximum atomic E-state index is 12.8. The van der Waals surface area contributed by atoms with Crippen LogP contribution in [0.15, 0.2) is 103 Å². The van der Waals surface area contributed by atoms with E-state index in [9.17, 15) is 19.6 Å². The number of rotatable bonds is 6. The first-order chi connectivity index (χ1) is 17.0. The smallest absolute Gasteiger partial charge is 0.343 e. The van der Waals surface area contributed by atoms with Gasteiger partial charge in [-0.25, -0.2) is 14.4 Å². The number of nitrogens with zero attached hydrogens (tertiary/aromatic N) is 1. The van der Waals surface area contributed by atoms with Crippen LogP contribution in [-0.4, -0.2) is 17.9 Å².